The summed E-state index contributed by atoms with van der Waals surface area (Å²) in [5.41, 5.74) is 6.73. The van der Waals surface area contributed by atoms with Crippen molar-refractivity contribution in [2.75, 3.05) is 5.73 Å². The second-order valence-corrected chi connectivity index (χ2v) is 6.99. The van der Waals surface area contributed by atoms with Crippen LogP contribution < -0.4 is 10.5 Å². The fraction of sp³-hybridized carbons (Fsp3) is 0.273. The van der Waals surface area contributed by atoms with Crippen LogP contribution in [0.4, 0.5) is 5.13 Å². The zero-order valence-corrected chi connectivity index (χ0v) is 12.1. The molecule has 0 bridgehead atoms. The maximum Gasteiger partial charge on any atom is 0.252 e. The number of nitrogen functional groups attached to an aromatic ring is 1. The number of pyridine rings is 1. The lowest BCUT2D eigenvalue weighted by atomic mass is 10.2. The summed E-state index contributed by atoms with van der Waals surface area (Å²) in [7, 11) is -3.62. The number of nitrogens with two attached hydrogens (primary N) is 1. The van der Waals surface area contributed by atoms with Gasteiger partial charge in [-0.05, 0) is 25.5 Å². The Morgan fingerprint density at radius 2 is 2.21 bits per heavy atom. The molecular weight excluding hydrogens is 284 g/mol. The lowest BCUT2D eigenvalue weighted by Crippen LogP contribution is -2.26. The maximum absolute atomic E-state index is 12.2. The van der Waals surface area contributed by atoms with E-state index in [1.165, 1.54) is 0 Å². The van der Waals surface area contributed by atoms with Crippen molar-refractivity contribution in [1.29, 1.82) is 0 Å². The molecule has 0 radical (unpaired) electrons. The van der Waals surface area contributed by atoms with Crippen LogP contribution in [0.1, 0.15) is 24.2 Å². The first-order valence-electron chi connectivity index (χ1n) is 5.55. The SMILES string of the molecule is Cc1nc(N)sc1S(=O)(=O)NC(C)c1cccnc1. The van der Waals surface area contributed by atoms with Gasteiger partial charge in [-0.1, -0.05) is 17.4 Å². The van der Waals surface area contributed by atoms with Crippen molar-refractivity contribution in [3.05, 3.63) is 35.8 Å². The number of hydrogen-bond acceptors (Lipinski definition) is 6. The monoisotopic (exact) mass is 298 g/mol. The fourth-order valence-corrected chi connectivity index (χ4v) is 4.19. The largest absolute Gasteiger partial charge is 0.375 e. The normalized spacial score (nSPS) is 13.4. The van der Waals surface area contributed by atoms with Gasteiger partial charge in [-0.2, -0.15) is 0 Å². The Hall–Kier alpha value is -1.51. The molecule has 0 aromatic carbocycles. The van der Waals surface area contributed by atoms with E-state index in [1.54, 1.807) is 32.3 Å². The number of nitrogens with one attached hydrogen (secondary N) is 1. The van der Waals surface area contributed by atoms with Gasteiger partial charge in [0.05, 0.1) is 5.69 Å². The van der Waals surface area contributed by atoms with Gasteiger partial charge in [0, 0.05) is 18.4 Å². The number of aromatic nitrogens is 2. The molecule has 6 nitrogen and oxygen atoms in total. The number of anilines is 1. The van der Waals surface area contributed by atoms with E-state index in [2.05, 4.69) is 14.7 Å². The van der Waals surface area contributed by atoms with Crippen LogP contribution in [0.25, 0.3) is 0 Å². The Morgan fingerprint density at radius 1 is 1.47 bits per heavy atom. The third-order valence-electron chi connectivity index (χ3n) is 2.53. The van der Waals surface area contributed by atoms with E-state index < -0.39 is 10.0 Å². The Morgan fingerprint density at radius 3 is 2.74 bits per heavy atom. The highest BCUT2D eigenvalue weighted by Gasteiger charge is 2.23. The van der Waals surface area contributed by atoms with E-state index in [-0.39, 0.29) is 15.4 Å². The third-order valence-corrected chi connectivity index (χ3v) is 5.67. The van der Waals surface area contributed by atoms with E-state index in [0.717, 1.165) is 16.9 Å². The van der Waals surface area contributed by atoms with Gasteiger partial charge in [0.15, 0.2) is 9.34 Å². The molecule has 8 heteroatoms. The fourth-order valence-electron chi connectivity index (χ4n) is 1.64. The molecule has 2 aromatic rings. The minimum absolute atomic E-state index is 0.153. The van der Waals surface area contributed by atoms with Gasteiger partial charge >= 0.3 is 0 Å². The lowest BCUT2D eigenvalue weighted by molar-refractivity contribution is 0.568. The molecule has 2 rings (SSSR count). The van der Waals surface area contributed by atoms with E-state index >= 15 is 0 Å². The van der Waals surface area contributed by atoms with E-state index in [1.807, 2.05) is 6.07 Å². The molecule has 0 saturated heterocycles. The number of thiazole rings is 1. The highest BCUT2D eigenvalue weighted by molar-refractivity contribution is 7.91. The summed E-state index contributed by atoms with van der Waals surface area (Å²) in [6, 6.07) is 3.20. The van der Waals surface area contributed by atoms with Crippen molar-refractivity contribution in [3.63, 3.8) is 0 Å². The number of aryl methyl sites for hydroxylation is 1. The van der Waals surface area contributed by atoms with Crippen molar-refractivity contribution in [1.82, 2.24) is 14.7 Å². The standard InChI is InChI=1S/C11H14N4O2S2/c1-7(9-4-3-5-13-6-9)15-19(16,17)10-8(2)14-11(12)18-10/h3-7,15H,1-2H3,(H2,12,14). The van der Waals surface area contributed by atoms with Crippen LogP contribution in [-0.2, 0) is 10.0 Å². The van der Waals surface area contributed by atoms with Crippen LogP contribution in [0.15, 0.2) is 28.7 Å². The predicted molar refractivity (Wildman–Crippen MR) is 74.2 cm³/mol. The van der Waals surface area contributed by atoms with Crippen LogP contribution in [0.3, 0.4) is 0 Å². The molecule has 0 aliphatic rings. The van der Waals surface area contributed by atoms with Crippen LogP contribution in [0.5, 0.6) is 0 Å². The molecule has 0 fully saturated rings. The average Bonchev–Trinajstić information content (AvgIpc) is 2.70. The number of hydrogen-bond donors (Lipinski definition) is 2. The van der Waals surface area contributed by atoms with Gasteiger partial charge in [-0.25, -0.2) is 18.1 Å². The van der Waals surface area contributed by atoms with Gasteiger partial charge in [-0.3, -0.25) is 4.98 Å². The van der Waals surface area contributed by atoms with E-state index in [4.69, 9.17) is 5.73 Å². The molecule has 102 valence electrons. The van der Waals surface area contributed by atoms with Crippen molar-refractivity contribution in [2.45, 2.75) is 24.1 Å². The van der Waals surface area contributed by atoms with Gasteiger partial charge in [0.1, 0.15) is 0 Å². The van der Waals surface area contributed by atoms with E-state index in [0.29, 0.717) is 5.69 Å². The second kappa shape index (κ2) is 5.24. The highest BCUT2D eigenvalue weighted by Crippen LogP contribution is 2.26. The summed E-state index contributed by atoms with van der Waals surface area (Å²) >= 11 is 0.959. The van der Waals surface area contributed by atoms with Crippen molar-refractivity contribution in [3.8, 4) is 0 Å². The second-order valence-electron chi connectivity index (χ2n) is 4.05. The molecule has 1 unspecified atom stereocenters. The minimum Gasteiger partial charge on any atom is -0.375 e. The molecule has 0 spiro atoms. The molecule has 2 heterocycles. The van der Waals surface area contributed by atoms with Crippen LogP contribution in [-0.4, -0.2) is 18.4 Å². The summed E-state index contributed by atoms with van der Waals surface area (Å²) in [6.45, 7) is 3.38. The number of nitrogens with zero attached hydrogens (tertiary/aromatic N) is 2. The molecule has 3 N–H and O–H groups in total. The first-order chi connectivity index (χ1) is 8.90. The molecule has 0 aliphatic carbocycles. The Balaban J connectivity index is 2.25. The zero-order valence-electron chi connectivity index (χ0n) is 10.5. The first-order valence-corrected chi connectivity index (χ1v) is 7.85. The van der Waals surface area contributed by atoms with Crippen molar-refractivity contribution < 1.29 is 8.42 Å². The summed E-state index contributed by atoms with van der Waals surface area (Å²) in [5.74, 6) is 0. The van der Waals surface area contributed by atoms with Gasteiger partial charge in [0.25, 0.3) is 10.0 Å². The van der Waals surface area contributed by atoms with Crippen molar-refractivity contribution >= 4 is 26.5 Å². The topological polar surface area (TPSA) is 98.0 Å². The Kier molecular flexibility index (Phi) is 3.83. The molecule has 0 amide bonds. The average molecular weight is 298 g/mol. The molecule has 0 aliphatic heterocycles. The van der Waals surface area contributed by atoms with E-state index in [9.17, 15) is 8.42 Å². The molecule has 0 saturated carbocycles. The number of rotatable bonds is 4. The predicted octanol–water partition coefficient (Wildman–Crippen LogP) is 1.47. The maximum atomic E-state index is 12.2. The molecular formula is C11H14N4O2S2. The molecule has 19 heavy (non-hydrogen) atoms. The van der Waals surface area contributed by atoms with Gasteiger partial charge in [0.2, 0.25) is 0 Å². The Labute approximate surface area is 115 Å². The molecule has 2 aromatic heterocycles. The van der Waals surface area contributed by atoms with Crippen LogP contribution in [0, 0.1) is 6.92 Å². The van der Waals surface area contributed by atoms with Gasteiger partial charge in [-0.15, -0.1) is 0 Å². The minimum atomic E-state index is -3.62. The summed E-state index contributed by atoms with van der Waals surface area (Å²) < 4.78 is 27.2. The third kappa shape index (κ3) is 3.09. The van der Waals surface area contributed by atoms with Crippen molar-refractivity contribution in [2.24, 2.45) is 0 Å². The first kappa shape index (κ1) is 13.9. The quantitative estimate of drug-likeness (QED) is 0.890. The van der Waals surface area contributed by atoms with Crippen LogP contribution >= 0.6 is 11.3 Å². The number of sulfonamides is 1. The lowest BCUT2D eigenvalue weighted by Gasteiger charge is -2.13. The van der Waals surface area contributed by atoms with Crippen LogP contribution in [0.2, 0.25) is 0 Å². The smallest absolute Gasteiger partial charge is 0.252 e. The zero-order chi connectivity index (χ0) is 14.0. The summed E-state index contributed by atoms with van der Waals surface area (Å²) in [5, 5.41) is 0.243. The molecule has 1 atom stereocenters. The van der Waals surface area contributed by atoms with Gasteiger partial charge < -0.3 is 5.73 Å². The summed E-state index contributed by atoms with van der Waals surface area (Å²) in [4.78, 5) is 7.89. The summed E-state index contributed by atoms with van der Waals surface area (Å²) in [6.07, 6.45) is 3.26. The highest BCUT2D eigenvalue weighted by atomic mass is 32.2. The Bertz CT molecular complexity index is 667.